The van der Waals surface area contributed by atoms with E-state index in [9.17, 15) is 4.79 Å². The zero-order valence-electron chi connectivity index (χ0n) is 12.2. The Hall–Kier alpha value is -1.35. The number of methoxy groups -OCH3 is 1. The van der Waals surface area contributed by atoms with E-state index >= 15 is 0 Å². The molecule has 0 saturated heterocycles. The van der Waals surface area contributed by atoms with E-state index in [2.05, 4.69) is 12.1 Å². The monoisotopic (exact) mass is 276 g/mol. The predicted molar refractivity (Wildman–Crippen MR) is 78.2 cm³/mol. The van der Waals surface area contributed by atoms with Crippen molar-refractivity contribution in [3.8, 4) is 0 Å². The van der Waals surface area contributed by atoms with Crippen molar-refractivity contribution in [1.82, 2.24) is 0 Å². The Kier molecular flexibility index (Phi) is 6.06. The molecule has 3 heteroatoms. The largest absolute Gasteiger partial charge is 0.469 e. The molecule has 0 amide bonds. The number of carbonyl (C=O) groups excluding carboxylic acids is 1. The molecule has 0 spiro atoms. The fraction of sp³-hybridized carbons (Fsp3) is 0.588. The van der Waals surface area contributed by atoms with Crippen LogP contribution >= 0.6 is 0 Å². The summed E-state index contributed by atoms with van der Waals surface area (Å²) in [5, 5.41) is 0. The first-order chi connectivity index (χ1) is 9.79. The second kappa shape index (κ2) is 8.05. The Morgan fingerprint density at radius 3 is 2.55 bits per heavy atom. The molecule has 1 aromatic carbocycles. The Labute approximate surface area is 121 Å². The molecule has 1 saturated carbocycles. The van der Waals surface area contributed by atoms with Crippen LogP contribution in [0.4, 0.5) is 0 Å². The van der Waals surface area contributed by atoms with Crippen LogP contribution in [0.25, 0.3) is 0 Å². The quantitative estimate of drug-likeness (QED) is 0.743. The van der Waals surface area contributed by atoms with Crippen LogP contribution in [0.2, 0.25) is 0 Å². The number of benzene rings is 1. The first kappa shape index (κ1) is 15.0. The van der Waals surface area contributed by atoms with E-state index in [4.69, 9.17) is 9.47 Å². The van der Waals surface area contributed by atoms with E-state index in [0.717, 1.165) is 18.4 Å². The molecule has 0 aliphatic heterocycles. The third-order valence-electron chi connectivity index (χ3n) is 4.08. The van der Waals surface area contributed by atoms with Crippen LogP contribution in [0.1, 0.15) is 44.1 Å². The van der Waals surface area contributed by atoms with Gasteiger partial charge in [-0.2, -0.15) is 0 Å². The lowest BCUT2D eigenvalue weighted by Crippen LogP contribution is -2.29. The number of ether oxygens (including phenoxy) is 2. The maximum Gasteiger partial charge on any atom is 0.308 e. The van der Waals surface area contributed by atoms with Gasteiger partial charge in [-0.25, -0.2) is 0 Å². The van der Waals surface area contributed by atoms with Crippen LogP contribution in [0.5, 0.6) is 0 Å². The molecular formula is C17H24O3. The first-order valence-corrected chi connectivity index (χ1v) is 7.52. The number of hydrogen-bond acceptors (Lipinski definition) is 3. The molecule has 110 valence electrons. The highest BCUT2D eigenvalue weighted by molar-refractivity contribution is 5.69. The summed E-state index contributed by atoms with van der Waals surface area (Å²) in [4.78, 5) is 11.6. The molecule has 0 N–H and O–H groups in total. The second-order valence-electron chi connectivity index (χ2n) is 5.51. The van der Waals surface area contributed by atoms with Gasteiger partial charge >= 0.3 is 5.97 Å². The molecule has 0 heterocycles. The van der Waals surface area contributed by atoms with E-state index in [-0.39, 0.29) is 12.1 Å². The normalized spacial score (nSPS) is 17.6. The molecule has 1 aliphatic rings. The van der Waals surface area contributed by atoms with Crippen LogP contribution in [0.3, 0.4) is 0 Å². The maximum absolute atomic E-state index is 11.6. The number of rotatable bonds is 6. The molecule has 0 aromatic heterocycles. The molecule has 1 unspecified atom stereocenters. The van der Waals surface area contributed by atoms with Crippen LogP contribution < -0.4 is 0 Å². The van der Waals surface area contributed by atoms with E-state index in [1.807, 2.05) is 18.2 Å². The summed E-state index contributed by atoms with van der Waals surface area (Å²) < 4.78 is 10.8. The third-order valence-corrected chi connectivity index (χ3v) is 4.08. The lowest BCUT2D eigenvalue weighted by atomic mass is 9.84. The average Bonchev–Trinajstić information content (AvgIpc) is 2.53. The number of carbonyl (C=O) groups is 1. The van der Waals surface area contributed by atoms with Crippen molar-refractivity contribution < 1.29 is 14.3 Å². The minimum Gasteiger partial charge on any atom is -0.469 e. The minimum absolute atomic E-state index is 0.0112. The number of hydrogen-bond donors (Lipinski definition) is 0. The van der Waals surface area contributed by atoms with Crippen LogP contribution in [-0.4, -0.2) is 19.2 Å². The van der Waals surface area contributed by atoms with Gasteiger partial charge in [0.1, 0.15) is 0 Å². The summed E-state index contributed by atoms with van der Waals surface area (Å²) in [5.41, 5.74) is 1.15. The van der Waals surface area contributed by atoms with Gasteiger partial charge in [-0.05, 0) is 24.3 Å². The fourth-order valence-corrected chi connectivity index (χ4v) is 2.89. The van der Waals surface area contributed by atoms with Crippen LogP contribution in [0, 0.1) is 5.92 Å². The summed E-state index contributed by atoms with van der Waals surface area (Å²) in [5.74, 6) is 0.320. The molecule has 1 aromatic rings. The highest BCUT2D eigenvalue weighted by Gasteiger charge is 2.26. The molecule has 1 aliphatic carbocycles. The van der Waals surface area contributed by atoms with Crippen LogP contribution in [-0.2, 0) is 20.9 Å². The lowest BCUT2D eigenvalue weighted by Gasteiger charge is -2.29. The average molecular weight is 276 g/mol. The standard InChI is InChI=1S/C17H24O3/c1-19-17(18)12-16(15-10-6-3-7-11-15)20-13-14-8-4-2-5-9-14/h2,4-5,8-9,15-16H,3,6-7,10-13H2,1H3. The Morgan fingerprint density at radius 2 is 1.90 bits per heavy atom. The van der Waals surface area contributed by atoms with Crippen molar-refractivity contribution in [1.29, 1.82) is 0 Å². The topological polar surface area (TPSA) is 35.5 Å². The molecule has 3 nitrogen and oxygen atoms in total. The Bertz CT molecular complexity index is 396. The van der Waals surface area contributed by atoms with Gasteiger partial charge in [-0.3, -0.25) is 4.79 Å². The van der Waals surface area contributed by atoms with Gasteiger partial charge in [0.2, 0.25) is 0 Å². The van der Waals surface area contributed by atoms with Gasteiger partial charge in [-0.1, -0.05) is 49.6 Å². The van der Waals surface area contributed by atoms with Gasteiger partial charge in [-0.15, -0.1) is 0 Å². The Morgan fingerprint density at radius 1 is 1.20 bits per heavy atom. The number of esters is 1. The van der Waals surface area contributed by atoms with E-state index < -0.39 is 0 Å². The molecule has 1 atom stereocenters. The highest BCUT2D eigenvalue weighted by atomic mass is 16.5. The van der Waals surface area contributed by atoms with Gasteiger partial charge in [0.25, 0.3) is 0 Å². The van der Waals surface area contributed by atoms with E-state index in [1.165, 1.54) is 26.4 Å². The van der Waals surface area contributed by atoms with Crippen molar-refractivity contribution >= 4 is 5.97 Å². The van der Waals surface area contributed by atoms with Gasteiger partial charge in [0.05, 0.1) is 26.2 Å². The lowest BCUT2D eigenvalue weighted by molar-refractivity contribution is -0.145. The summed E-state index contributed by atoms with van der Waals surface area (Å²) in [6.07, 6.45) is 6.48. The summed E-state index contributed by atoms with van der Waals surface area (Å²) >= 11 is 0. The minimum atomic E-state index is -0.173. The summed E-state index contributed by atoms with van der Waals surface area (Å²) in [6, 6.07) is 10.1. The highest BCUT2D eigenvalue weighted by Crippen LogP contribution is 2.30. The molecule has 2 rings (SSSR count). The summed E-state index contributed by atoms with van der Waals surface area (Å²) in [6.45, 7) is 0.568. The molecule has 0 bridgehead atoms. The third kappa shape index (κ3) is 4.64. The van der Waals surface area contributed by atoms with Crippen molar-refractivity contribution in [3.63, 3.8) is 0 Å². The van der Waals surface area contributed by atoms with Crippen molar-refractivity contribution in [2.75, 3.05) is 7.11 Å². The van der Waals surface area contributed by atoms with Gasteiger partial charge < -0.3 is 9.47 Å². The fourth-order valence-electron chi connectivity index (χ4n) is 2.89. The van der Waals surface area contributed by atoms with Crippen molar-refractivity contribution in [3.05, 3.63) is 35.9 Å². The zero-order valence-corrected chi connectivity index (χ0v) is 12.2. The van der Waals surface area contributed by atoms with Crippen LogP contribution in [0.15, 0.2) is 30.3 Å². The first-order valence-electron chi connectivity index (χ1n) is 7.52. The SMILES string of the molecule is COC(=O)CC(OCc1ccccc1)C1CCCCC1. The molecular weight excluding hydrogens is 252 g/mol. The molecule has 1 fully saturated rings. The van der Waals surface area contributed by atoms with Gasteiger partial charge in [0.15, 0.2) is 0 Å². The maximum atomic E-state index is 11.6. The molecule has 0 radical (unpaired) electrons. The van der Waals surface area contributed by atoms with E-state index in [1.54, 1.807) is 0 Å². The van der Waals surface area contributed by atoms with E-state index in [0.29, 0.717) is 18.9 Å². The smallest absolute Gasteiger partial charge is 0.308 e. The molecule has 20 heavy (non-hydrogen) atoms. The second-order valence-corrected chi connectivity index (χ2v) is 5.51. The van der Waals surface area contributed by atoms with Crippen molar-refractivity contribution in [2.24, 2.45) is 5.92 Å². The summed E-state index contributed by atoms with van der Waals surface area (Å²) in [7, 11) is 1.44. The predicted octanol–water partition coefficient (Wildman–Crippen LogP) is 3.72. The van der Waals surface area contributed by atoms with Crippen molar-refractivity contribution in [2.45, 2.75) is 51.2 Å². The zero-order chi connectivity index (χ0) is 14.2. The van der Waals surface area contributed by atoms with Gasteiger partial charge in [0, 0.05) is 0 Å². The Balaban J connectivity index is 1.92.